The summed E-state index contributed by atoms with van der Waals surface area (Å²) in [5.41, 5.74) is -1.89. The first-order valence-corrected chi connectivity index (χ1v) is 11.8. The van der Waals surface area contributed by atoms with Crippen molar-refractivity contribution >= 4 is 13.8 Å². The Labute approximate surface area is 198 Å². The van der Waals surface area contributed by atoms with Gasteiger partial charge in [0.1, 0.15) is 24.0 Å². The fraction of sp³-hybridized carbons (Fsp3) is 0.450. The number of alkyl halides is 1. The number of benzene rings is 1. The summed E-state index contributed by atoms with van der Waals surface area (Å²) >= 11 is 0. The maximum atomic E-state index is 15.4. The van der Waals surface area contributed by atoms with Crippen molar-refractivity contribution in [1.82, 2.24) is 15.0 Å². The van der Waals surface area contributed by atoms with Crippen molar-refractivity contribution in [2.45, 2.75) is 44.0 Å². The number of phosphoric acid groups is 1. The zero-order valence-electron chi connectivity index (χ0n) is 19.0. The highest BCUT2D eigenvalue weighted by Crippen LogP contribution is 2.51. The van der Waals surface area contributed by atoms with Crippen LogP contribution in [0.1, 0.15) is 20.1 Å². The number of para-hydroxylation sites is 1. The van der Waals surface area contributed by atoms with Crippen molar-refractivity contribution in [3.05, 3.63) is 63.4 Å². The number of hydrogen-bond acceptors (Lipinski definition) is 11. The van der Waals surface area contributed by atoms with E-state index in [4.69, 9.17) is 18.3 Å². The Balaban J connectivity index is 1.80. The van der Waals surface area contributed by atoms with Gasteiger partial charge in [-0.25, -0.2) is 18.5 Å². The van der Waals surface area contributed by atoms with E-state index in [9.17, 15) is 24.1 Å². The molecule has 35 heavy (non-hydrogen) atoms. The van der Waals surface area contributed by atoms with E-state index in [1.807, 2.05) is 4.98 Å². The summed E-state index contributed by atoms with van der Waals surface area (Å²) in [7, 11) is -3.42. The number of carbonyl (C=O) groups excluding carboxylic acids is 1. The van der Waals surface area contributed by atoms with Crippen LogP contribution < -0.4 is 21.3 Å². The number of nitrogens with zero attached hydrogens (tertiary/aromatic N) is 1. The van der Waals surface area contributed by atoms with E-state index in [2.05, 4.69) is 10.3 Å². The van der Waals surface area contributed by atoms with Gasteiger partial charge in [-0.3, -0.25) is 18.9 Å². The molecule has 1 aromatic carbocycles. The molecule has 13 nitrogen and oxygen atoms in total. The molecule has 0 amide bonds. The number of halogens is 1. The Morgan fingerprint density at radius 2 is 2.03 bits per heavy atom. The maximum Gasteiger partial charge on any atom is 0.589 e. The minimum Gasteiger partial charge on any atom is -0.395 e. The SMILES string of the molecule is CON[C@@H](C)C(=O)OP(=O)(OC[C@H]1O[C@@H](n2ccc(=O)[nH]c2=O)[C@@](C)(F)[C@@H]1O)Oc1ccccc1. The second kappa shape index (κ2) is 10.8. The quantitative estimate of drug-likeness (QED) is 0.301. The molecule has 0 aliphatic carbocycles. The van der Waals surface area contributed by atoms with Gasteiger partial charge in [0.2, 0.25) is 0 Å². The summed E-state index contributed by atoms with van der Waals surface area (Å²) in [5.74, 6) is -1.01. The number of H-pyrrole nitrogens is 1. The first-order valence-electron chi connectivity index (χ1n) is 10.3. The third-order valence-electron chi connectivity index (χ3n) is 5.03. The van der Waals surface area contributed by atoms with Crippen LogP contribution in [0.15, 0.2) is 52.2 Å². The van der Waals surface area contributed by atoms with Gasteiger partial charge >= 0.3 is 19.5 Å². The van der Waals surface area contributed by atoms with Gasteiger partial charge in [-0.1, -0.05) is 18.2 Å². The zero-order chi connectivity index (χ0) is 25.8. The van der Waals surface area contributed by atoms with Crippen molar-refractivity contribution in [2.75, 3.05) is 13.7 Å². The van der Waals surface area contributed by atoms with Crippen LogP contribution >= 0.6 is 7.82 Å². The van der Waals surface area contributed by atoms with Gasteiger partial charge < -0.3 is 23.7 Å². The van der Waals surface area contributed by atoms with Crippen LogP contribution in [-0.2, 0) is 28.0 Å². The second-order valence-corrected chi connectivity index (χ2v) is 9.26. The molecule has 6 atom stereocenters. The van der Waals surface area contributed by atoms with E-state index in [1.165, 1.54) is 26.2 Å². The van der Waals surface area contributed by atoms with E-state index >= 15 is 4.39 Å². The predicted molar refractivity (Wildman–Crippen MR) is 117 cm³/mol. The lowest BCUT2D eigenvalue weighted by atomic mass is 9.98. The number of aromatic amines is 1. The maximum absolute atomic E-state index is 15.4. The highest BCUT2D eigenvalue weighted by atomic mass is 31.2. The fourth-order valence-electron chi connectivity index (χ4n) is 3.22. The van der Waals surface area contributed by atoms with Crippen molar-refractivity contribution in [2.24, 2.45) is 0 Å². The van der Waals surface area contributed by atoms with E-state index in [0.29, 0.717) is 0 Å². The molecule has 1 saturated heterocycles. The molecule has 0 bridgehead atoms. The van der Waals surface area contributed by atoms with Crippen LogP contribution in [0.5, 0.6) is 5.75 Å². The fourth-order valence-corrected chi connectivity index (χ4v) is 4.45. The van der Waals surface area contributed by atoms with Crippen LogP contribution in [-0.4, -0.2) is 58.3 Å². The number of ether oxygens (including phenoxy) is 1. The molecule has 1 aliphatic heterocycles. The number of aromatic nitrogens is 2. The largest absolute Gasteiger partial charge is 0.589 e. The van der Waals surface area contributed by atoms with Gasteiger partial charge in [0.05, 0.1) is 13.7 Å². The summed E-state index contributed by atoms with van der Waals surface area (Å²) < 4.78 is 50.4. The second-order valence-electron chi connectivity index (χ2n) is 7.74. The van der Waals surface area contributed by atoms with E-state index in [0.717, 1.165) is 23.8 Å². The highest BCUT2D eigenvalue weighted by molar-refractivity contribution is 7.49. The molecule has 15 heteroatoms. The topological polar surface area (TPSA) is 167 Å². The number of nitrogens with one attached hydrogen (secondary N) is 2. The normalized spacial score (nSPS) is 26.6. The average Bonchev–Trinajstić information content (AvgIpc) is 3.02. The summed E-state index contributed by atoms with van der Waals surface area (Å²) in [6.07, 6.45) is -3.97. The lowest BCUT2D eigenvalue weighted by Crippen LogP contribution is -2.43. The number of carbonyl (C=O) groups is 1. The standard InChI is InChI=1S/C20H25FN3O10P/c1-12(23-30-3)17(27)34-35(29,33-13-7-5-4-6-8-13)31-11-14-16(26)20(2,21)18(32-14)24-10-9-15(25)22-19(24)28/h4-10,12,14,16,18,23,26H,11H2,1-3H3,(H,22,25,28)/t12-,14+,16+,18+,20-,35?/m0/s1. The minimum absolute atomic E-state index is 0.0388. The van der Waals surface area contributed by atoms with Gasteiger partial charge in [-0.05, 0) is 26.0 Å². The first-order chi connectivity index (χ1) is 16.5. The molecule has 2 aromatic rings. The molecular weight excluding hydrogens is 492 g/mol. The third kappa shape index (κ3) is 6.23. The lowest BCUT2D eigenvalue weighted by molar-refractivity contribution is -0.141. The number of phosphoric ester groups is 1. The monoisotopic (exact) mass is 517 g/mol. The molecule has 3 rings (SSSR count). The van der Waals surface area contributed by atoms with E-state index in [1.54, 1.807) is 18.2 Å². The predicted octanol–water partition coefficient (Wildman–Crippen LogP) is 0.810. The summed E-state index contributed by atoms with van der Waals surface area (Å²) in [4.78, 5) is 42.3. The Kier molecular flexibility index (Phi) is 8.26. The number of hydrogen-bond donors (Lipinski definition) is 3. The van der Waals surface area contributed by atoms with E-state index < -0.39 is 61.8 Å². The number of hydroxylamine groups is 1. The summed E-state index contributed by atoms with van der Waals surface area (Å²) in [6.45, 7) is 1.60. The number of aliphatic hydroxyl groups excluding tert-OH is 1. The van der Waals surface area contributed by atoms with Gasteiger partial charge in [0.15, 0.2) is 11.9 Å². The molecule has 1 unspecified atom stereocenters. The van der Waals surface area contributed by atoms with Crippen molar-refractivity contribution in [1.29, 1.82) is 0 Å². The van der Waals surface area contributed by atoms with Crippen LogP contribution in [0.2, 0.25) is 0 Å². The summed E-state index contributed by atoms with van der Waals surface area (Å²) in [5, 5.41) is 10.5. The zero-order valence-corrected chi connectivity index (χ0v) is 19.8. The molecule has 1 aromatic heterocycles. The molecule has 3 N–H and O–H groups in total. The molecule has 0 spiro atoms. The number of aliphatic hydroxyl groups is 1. The van der Waals surface area contributed by atoms with Crippen LogP contribution in [0.3, 0.4) is 0 Å². The van der Waals surface area contributed by atoms with Gasteiger partial charge in [-0.15, -0.1) is 0 Å². The molecule has 0 saturated carbocycles. The Bertz CT molecular complexity index is 1190. The first kappa shape index (κ1) is 26.7. The lowest BCUT2D eigenvalue weighted by Gasteiger charge is -2.24. The molecule has 1 aliphatic rings. The molecule has 0 radical (unpaired) electrons. The van der Waals surface area contributed by atoms with Gasteiger partial charge in [0, 0.05) is 12.3 Å². The minimum atomic E-state index is -4.68. The van der Waals surface area contributed by atoms with Gasteiger partial charge in [-0.2, -0.15) is 5.48 Å². The van der Waals surface area contributed by atoms with Crippen LogP contribution in [0.25, 0.3) is 0 Å². The van der Waals surface area contributed by atoms with Gasteiger partial charge in [0.25, 0.3) is 5.56 Å². The Morgan fingerprint density at radius 1 is 1.34 bits per heavy atom. The molecular formula is C20H25FN3O10P. The Hall–Kier alpha value is -2.87. The van der Waals surface area contributed by atoms with Crippen molar-refractivity contribution in [3.8, 4) is 5.75 Å². The van der Waals surface area contributed by atoms with Crippen LogP contribution in [0, 0.1) is 0 Å². The summed E-state index contributed by atoms with van der Waals surface area (Å²) in [6, 6.07) is 7.59. The van der Waals surface area contributed by atoms with Crippen molar-refractivity contribution in [3.63, 3.8) is 0 Å². The van der Waals surface area contributed by atoms with E-state index in [-0.39, 0.29) is 5.75 Å². The molecule has 192 valence electrons. The number of rotatable bonds is 10. The Morgan fingerprint density at radius 3 is 2.66 bits per heavy atom. The molecule has 2 heterocycles. The third-order valence-corrected chi connectivity index (χ3v) is 6.33. The van der Waals surface area contributed by atoms with Crippen LogP contribution in [0.4, 0.5) is 4.39 Å². The smallest absolute Gasteiger partial charge is 0.395 e. The highest BCUT2D eigenvalue weighted by Gasteiger charge is 2.56. The average molecular weight is 517 g/mol. The van der Waals surface area contributed by atoms with Crippen molar-refractivity contribution < 1.29 is 42.0 Å². The molecule has 1 fully saturated rings.